The molecule has 6 aliphatic heterocycles. The van der Waals surface area contributed by atoms with Gasteiger partial charge in [-0.1, -0.05) is 39.3 Å². The van der Waals surface area contributed by atoms with Crippen LogP contribution in [0.4, 0.5) is 0 Å². The third-order valence-corrected chi connectivity index (χ3v) is 21.0. The van der Waals surface area contributed by atoms with Gasteiger partial charge < -0.3 is 108 Å². The predicted molar refractivity (Wildman–Crippen MR) is 261 cm³/mol. The number of fused-ring (bicyclic) bond motifs is 4. The molecule has 440 valence electrons. The Morgan fingerprint density at radius 1 is 0.610 bits per heavy atom. The average molecular weight is 1100 g/mol. The quantitative estimate of drug-likeness (QED) is 0.0621. The molecule has 0 bridgehead atoms. The van der Waals surface area contributed by atoms with Crippen LogP contribution in [0.3, 0.4) is 0 Å². The molecule has 6 heterocycles. The molecule has 4 aliphatic carbocycles. The highest BCUT2D eigenvalue weighted by atomic mass is 16.8. The molecular weight excluding hydrogens is 1020 g/mol. The molecule has 0 amide bonds. The van der Waals surface area contributed by atoms with Crippen molar-refractivity contribution >= 4 is 5.97 Å². The van der Waals surface area contributed by atoms with Gasteiger partial charge in [0, 0.05) is 13.0 Å². The van der Waals surface area contributed by atoms with Crippen LogP contribution in [-0.2, 0) is 56.9 Å². The van der Waals surface area contributed by atoms with Crippen LogP contribution in [0.25, 0.3) is 0 Å². The second-order valence-corrected chi connectivity index (χ2v) is 25.9. The molecule has 23 heteroatoms. The zero-order chi connectivity index (χ0) is 55.9. The second-order valence-electron chi connectivity index (χ2n) is 25.9. The van der Waals surface area contributed by atoms with Gasteiger partial charge in [-0.25, -0.2) is 0 Å². The lowest BCUT2D eigenvalue weighted by molar-refractivity contribution is -0.389. The highest BCUT2D eigenvalue weighted by molar-refractivity contribution is 5.84. The largest absolute Gasteiger partial charge is 0.456 e. The molecule has 1 spiro atoms. The van der Waals surface area contributed by atoms with E-state index in [-0.39, 0.29) is 47.4 Å². The summed E-state index contributed by atoms with van der Waals surface area (Å²) in [5, 5.41) is 122. The van der Waals surface area contributed by atoms with E-state index in [9.17, 15) is 61.0 Å². The van der Waals surface area contributed by atoms with Crippen molar-refractivity contribution < 1.29 is 113 Å². The minimum Gasteiger partial charge on any atom is -0.456 e. The molecule has 22 unspecified atom stereocenters. The molecule has 3 saturated carbocycles. The molecule has 0 aromatic heterocycles. The van der Waals surface area contributed by atoms with Crippen LogP contribution in [-0.4, -0.2) is 235 Å². The standard InChI is InChI=1S/C54H86O23/c1-22-40(73-46-39(65)42(35(61)27(20-56)71-46)74-45-38(64)41(67-9)34(60)26(19-55)70-45)36(62)37(63)44(69-22)75-43-33(59)25(57)21-68-47(43)72-31-14-16-51(6)24-18-30(58)54-29(53(8,77-48(54)66)32-13-15-49(2,3)76-32)12-17-52(54,7)23(24)10-11-28(51)50(31,4)5/h18,22-23,25-47,55-65H,10-17,19-21H2,1-9H3/t22?,23?,25?,26?,27?,28?,29-,30+,31+,32-,33?,34?,35?,36?,37?,38?,39?,40?,41?,42?,43?,44?,45?,46?,47?,51-,52+,53-,54?/m1/s1. The van der Waals surface area contributed by atoms with Gasteiger partial charge in [-0.3, -0.25) is 4.79 Å². The van der Waals surface area contributed by atoms with Gasteiger partial charge in [-0.15, -0.1) is 0 Å². The first kappa shape index (κ1) is 58.6. The highest BCUT2D eigenvalue weighted by Gasteiger charge is 2.80. The third-order valence-electron chi connectivity index (χ3n) is 21.0. The Labute approximate surface area is 448 Å². The summed E-state index contributed by atoms with van der Waals surface area (Å²) in [5.74, 6) is -0.476. The zero-order valence-corrected chi connectivity index (χ0v) is 45.6. The number of allylic oxidation sites excluding steroid dienone is 1. The minimum absolute atomic E-state index is 0.0254. The number of ether oxygens (including phenoxy) is 11. The minimum atomic E-state index is -1.91. The van der Waals surface area contributed by atoms with Crippen molar-refractivity contribution in [3.63, 3.8) is 0 Å². The van der Waals surface area contributed by atoms with Crippen molar-refractivity contribution in [1.29, 1.82) is 0 Å². The summed E-state index contributed by atoms with van der Waals surface area (Å²) in [7, 11) is 1.21. The number of hydrogen-bond donors (Lipinski definition) is 11. The normalized spacial score (nSPS) is 55.1. The lowest BCUT2D eigenvalue weighted by Gasteiger charge is -2.64. The molecule has 11 N–H and O–H groups in total. The van der Waals surface area contributed by atoms with Gasteiger partial charge in [0.15, 0.2) is 25.2 Å². The van der Waals surface area contributed by atoms with Crippen molar-refractivity contribution in [2.75, 3.05) is 26.9 Å². The smallest absolute Gasteiger partial charge is 0.316 e. The highest BCUT2D eigenvalue weighted by Crippen LogP contribution is 2.76. The van der Waals surface area contributed by atoms with Crippen LogP contribution in [0.2, 0.25) is 0 Å². The molecule has 0 aromatic rings. The molecule has 29 atom stereocenters. The van der Waals surface area contributed by atoms with Gasteiger partial charge in [0.2, 0.25) is 0 Å². The number of rotatable bonds is 12. The predicted octanol–water partition coefficient (Wildman–Crippen LogP) is -1.21. The first-order valence-corrected chi connectivity index (χ1v) is 27.9. The van der Waals surface area contributed by atoms with Crippen molar-refractivity contribution in [2.45, 2.75) is 253 Å². The summed E-state index contributed by atoms with van der Waals surface area (Å²) >= 11 is 0. The van der Waals surface area contributed by atoms with E-state index in [1.807, 2.05) is 13.0 Å². The molecule has 0 aromatic carbocycles. The summed E-state index contributed by atoms with van der Waals surface area (Å²) in [6.45, 7) is 14.6. The fraction of sp³-hybridized carbons (Fsp3) is 0.944. The first-order chi connectivity index (χ1) is 36.1. The van der Waals surface area contributed by atoms with Crippen molar-refractivity contribution in [3.05, 3.63) is 11.6 Å². The Balaban J connectivity index is 0.817. The van der Waals surface area contributed by atoms with Crippen molar-refractivity contribution in [3.8, 4) is 0 Å². The number of methoxy groups -OCH3 is 1. The van der Waals surface area contributed by atoms with Gasteiger partial charge in [0.25, 0.3) is 0 Å². The number of carbonyl (C=O) groups is 1. The van der Waals surface area contributed by atoms with E-state index in [1.54, 1.807) is 0 Å². The lowest BCUT2D eigenvalue weighted by atomic mass is 9.40. The van der Waals surface area contributed by atoms with Crippen molar-refractivity contribution in [1.82, 2.24) is 0 Å². The molecule has 9 fully saturated rings. The molecule has 77 heavy (non-hydrogen) atoms. The van der Waals surface area contributed by atoms with Gasteiger partial charge in [0.05, 0.1) is 49.8 Å². The van der Waals surface area contributed by atoms with Gasteiger partial charge >= 0.3 is 5.97 Å². The Morgan fingerprint density at radius 2 is 1.22 bits per heavy atom. The average Bonchev–Trinajstić information content (AvgIpc) is 4.20. The Hall–Kier alpha value is -1.63. The number of cyclic esters (lactones) is 1. The van der Waals surface area contributed by atoms with Crippen molar-refractivity contribution in [2.24, 2.45) is 39.4 Å². The lowest BCUT2D eigenvalue weighted by Crippen LogP contribution is -2.67. The van der Waals surface area contributed by atoms with E-state index in [2.05, 4.69) is 41.5 Å². The maximum Gasteiger partial charge on any atom is 0.316 e. The van der Waals surface area contributed by atoms with E-state index < -0.39 is 164 Å². The van der Waals surface area contributed by atoms with Crippen LogP contribution < -0.4 is 0 Å². The van der Waals surface area contributed by atoms with Gasteiger partial charge in [-0.2, -0.15) is 0 Å². The molecule has 10 aliphatic rings. The maximum atomic E-state index is 14.6. The molecule has 10 rings (SSSR count). The van der Waals surface area contributed by atoms with Crippen LogP contribution >= 0.6 is 0 Å². The molecule has 23 nitrogen and oxygen atoms in total. The summed E-state index contributed by atoms with van der Waals surface area (Å²) in [5.41, 5.74) is -2.61. The number of aliphatic hydroxyl groups is 11. The van der Waals surface area contributed by atoms with E-state index in [1.165, 1.54) is 19.6 Å². The Morgan fingerprint density at radius 3 is 1.84 bits per heavy atom. The Bertz CT molecular complexity index is 2170. The SMILES string of the molecule is COC1C(O)C(CO)OC(OC2C(O)C(CO)OC(OC3C(C)OC(OC4C(O[C@H]5CC[C@]6(C)C7=C[C@H](O)C89C(=O)O[C@@](C)([C@H]%10CCC(C)(C)O%10)[C@H]8CC[C@@]9(C)C7CCC6C5(C)C)OCC(O)C4O)C(O)C3O)C2O)C1O. The monoisotopic (exact) mass is 1100 g/mol. The van der Waals surface area contributed by atoms with E-state index in [0.717, 1.165) is 38.5 Å². The summed E-state index contributed by atoms with van der Waals surface area (Å²) in [4.78, 5) is 14.6. The van der Waals surface area contributed by atoms with E-state index in [0.29, 0.717) is 12.8 Å². The first-order valence-electron chi connectivity index (χ1n) is 27.9. The van der Waals surface area contributed by atoms with Crippen LogP contribution in [0.1, 0.15) is 107 Å². The van der Waals surface area contributed by atoms with E-state index >= 15 is 0 Å². The molecule has 6 saturated heterocycles. The Kier molecular flexibility index (Phi) is 15.9. The van der Waals surface area contributed by atoms with Gasteiger partial charge in [-0.05, 0) is 107 Å². The fourth-order valence-electron chi connectivity index (χ4n) is 16.7. The number of hydrogen-bond acceptors (Lipinski definition) is 23. The summed E-state index contributed by atoms with van der Waals surface area (Å²) in [6.07, 6.45) is -23.6. The van der Waals surface area contributed by atoms with Crippen LogP contribution in [0.5, 0.6) is 0 Å². The number of esters is 1. The van der Waals surface area contributed by atoms with E-state index in [4.69, 9.17) is 52.1 Å². The molecular formula is C54H86O23. The van der Waals surface area contributed by atoms with Crippen LogP contribution in [0.15, 0.2) is 11.6 Å². The summed E-state index contributed by atoms with van der Waals surface area (Å²) in [6, 6.07) is 0. The number of carbonyl (C=O) groups excluding carboxylic acids is 1. The fourth-order valence-corrected chi connectivity index (χ4v) is 16.7. The third kappa shape index (κ3) is 9.06. The van der Waals surface area contributed by atoms with Crippen LogP contribution in [0, 0.1) is 39.4 Å². The second kappa shape index (κ2) is 20.9. The maximum absolute atomic E-state index is 14.6. The number of aliphatic hydroxyl groups excluding tert-OH is 11. The summed E-state index contributed by atoms with van der Waals surface area (Å²) < 4.78 is 66.5. The topological polar surface area (TPSA) is 341 Å². The van der Waals surface area contributed by atoms with Gasteiger partial charge in [0.1, 0.15) is 96.5 Å². The molecule has 0 radical (unpaired) electrons. The zero-order valence-electron chi connectivity index (χ0n) is 45.6.